The highest BCUT2D eigenvalue weighted by Gasteiger charge is 2.39. The summed E-state index contributed by atoms with van der Waals surface area (Å²) in [5, 5.41) is 12.9. The van der Waals surface area contributed by atoms with Crippen molar-refractivity contribution in [3.63, 3.8) is 0 Å². The summed E-state index contributed by atoms with van der Waals surface area (Å²) in [5.41, 5.74) is 3.90. The highest BCUT2D eigenvalue weighted by Crippen LogP contribution is 2.42. The minimum atomic E-state index is -1.09. The molecule has 0 aliphatic rings. The molecule has 1 atom stereocenters. The third-order valence-corrected chi connectivity index (χ3v) is 7.47. The van der Waals surface area contributed by atoms with Crippen molar-refractivity contribution < 1.29 is 19.4 Å². The molecule has 0 radical (unpaired) electrons. The van der Waals surface area contributed by atoms with E-state index < -0.39 is 17.4 Å². The van der Waals surface area contributed by atoms with Gasteiger partial charge in [0, 0.05) is 12.8 Å². The summed E-state index contributed by atoms with van der Waals surface area (Å²) >= 11 is 0. The van der Waals surface area contributed by atoms with Gasteiger partial charge in [-0.05, 0) is 39.9 Å². The molecule has 0 fully saturated rings. The number of amides is 1. The van der Waals surface area contributed by atoms with Crippen LogP contribution < -0.4 is 10.1 Å². The molecule has 0 aliphatic heterocycles. The van der Waals surface area contributed by atoms with E-state index in [0.717, 1.165) is 27.8 Å². The van der Waals surface area contributed by atoms with Gasteiger partial charge in [-0.1, -0.05) is 133 Å². The van der Waals surface area contributed by atoms with E-state index in [0.29, 0.717) is 12.4 Å². The molecule has 5 heteroatoms. The molecule has 5 rings (SSSR count). The molecule has 0 aliphatic carbocycles. The first-order valence-electron chi connectivity index (χ1n) is 14.0. The van der Waals surface area contributed by atoms with Gasteiger partial charge in [-0.2, -0.15) is 0 Å². The fraction of sp³-hybridized carbons (Fsp3) is 0.135. The Morgan fingerprint density at radius 3 is 1.52 bits per heavy atom. The van der Waals surface area contributed by atoms with Gasteiger partial charge >= 0.3 is 5.97 Å². The van der Waals surface area contributed by atoms with Gasteiger partial charge in [0.2, 0.25) is 5.91 Å². The van der Waals surface area contributed by atoms with Crippen molar-refractivity contribution in [3.05, 3.63) is 173 Å². The van der Waals surface area contributed by atoms with Crippen molar-refractivity contribution >= 4 is 11.9 Å². The number of ether oxygens (including phenoxy) is 1. The molecular formula is C37H33NO4. The number of aliphatic carboxylic acids is 1. The van der Waals surface area contributed by atoms with Crippen LogP contribution in [0.25, 0.3) is 0 Å². The van der Waals surface area contributed by atoms with Gasteiger partial charge in [0.25, 0.3) is 0 Å². The monoisotopic (exact) mass is 555 g/mol. The minimum Gasteiger partial charge on any atom is -0.489 e. The van der Waals surface area contributed by atoms with Crippen LogP contribution in [0.2, 0.25) is 0 Å². The molecule has 5 aromatic carbocycles. The Hall–Kier alpha value is -5.16. The number of hydrogen-bond acceptors (Lipinski definition) is 3. The van der Waals surface area contributed by atoms with E-state index in [2.05, 4.69) is 5.32 Å². The van der Waals surface area contributed by atoms with Gasteiger partial charge in [-0.3, -0.25) is 4.79 Å². The highest BCUT2D eigenvalue weighted by molar-refractivity contribution is 5.85. The Kier molecular flexibility index (Phi) is 9.10. The molecule has 0 unspecified atom stereocenters. The van der Waals surface area contributed by atoms with Crippen molar-refractivity contribution in [3.8, 4) is 5.75 Å². The summed E-state index contributed by atoms with van der Waals surface area (Å²) in [5.74, 6) is -0.740. The molecular weight excluding hydrogens is 522 g/mol. The second kappa shape index (κ2) is 13.5. The molecule has 5 nitrogen and oxygen atoms in total. The first-order chi connectivity index (χ1) is 20.5. The van der Waals surface area contributed by atoms with E-state index in [4.69, 9.17) is 4.74 Å². The van der Waals surface area contributed by atoms with Crippen molar-refractivity contribution in [2.45, 2.75) is 30.9 Å². The Labute approximate surface area is 246 Å². The van der Waals surface area contributed by atoms with E-state index in [1.807, 2.05) is 146 Å². The molecule has 0 heterocycles. The van der Waals surface area contributed by atoms with E-state index in [1.54, 1.807) is 0 Å². The number of carbonyl (C=O) groups is 2. The molecule has 2 N–H and O–H groups in total. The number of nitrogens with one attached hydrogen (secondary N) is 1. The van der Waals surface area contributed by atoms with Crippen molar-refractivity contribution in [2.75, 3.05) is 0 Å². The van der Waals surface area contributed by atoms with Crippen LogP contribution in [-0.4, -0.2) is 23.0 Å². The third kappa shape index (κ3) is 6.76. The SMILES string of the molecule is O=C(CC(c1ccccc1)(c1ccccc1)c1ccccc1)N[C@H](Cc1ccc(OCc2ccccc2)cc1)C(=O)O. The van der Waals surface area contributed by atoms with Crippen LogP contribution in [0, 0.1) is 0 Å². The number of carbonyl (C=O) groups excluding carboxylic acids is 1. The van der Waals surface area contributed by atoms with Gasteiger partial charge in [0.15, 0.2) is 0 Å². The van der Waals surface area contributed by atoms with Crippen LogP contribution in [0.1, 0.15) is 34.2 Å². The third-order valence-electron chi connectivity index (χ3n) is 7.47. The van der Waals surface area contributed by atoms with Crippen LogP contribution in [0.3, 0.4) is 0 Å². The van der Waals surface area contributed by atoms with Gasteiger partial charge < -0.3 is 15.2 Å². The van der Waals surface area contributed by atoms with Gasteiger partial charge in [-0.15, -0.1) is 0 Å². The van der Waals surface area contributed by atoms with Gasteiger partial charge in [0.1, 0.15) is 18.4 Å². The predicted octanol–water partition coefficient (Wildman–Crippen LogP) is 6.80. The Morgan fingerprint density at radius 2 is 1.07 bits per heavy atom. The average molecular weight is 556 g/mol. The number of hydrogen-bond donors (Lipinski definition) is 2. The topological polar surface area (TPSA) is 75.6 Å². The predicted molar refractivity (Wildman–Crippen MR) is 164 cm³/mol. The first kappa shape index (κ1) is 28.4. The summed E-state index contributed by atoms with van der Waals surface area (Å²) in [6.07, 6.45) is 0.191. The Bertz CT molecular complexity index is 1470. The molecule has 0 spiro atoms. The number of carboxylic acids is 1. The van der Waals surface area contributed by atoms with E-state index in [9.17, 15) is 14.7 Å². The van der Waals surface area contributed by atoms with Crippen LogP contribution in [0.4, 0.5) is 0 Å². The lowest BCUT2D eigenvalue weighted by Crippen LogP contribution is -2.45. The Balaban J connectivity index is 1.36. The minimum absolute atomic E-state index is 0.0427. The van der Waals surface area contributed by atoms with Gasteiger partial charge in [0.05, 0.1) is 5.41 Å². The molecule has 1 amide bonds. The van der Waals surface area contributed by atoms with E-state index >= 15 is 0 Å². The highest BCUT2D eigenvalue weighted by atomic mass is 16.5. The number of rotatable bonds is 12. The smallest absolute Gasteiger partial charge is 0.326 e. The second-order valence-electron chi connectivity index (χ2n) is 10.3. The largest absolute Gasteiger partial charge is 0.489 e. The molecule has 0 bridgehead atoms. The zero-order valence-electron chi connectivity index (χ0n) is 23.2. The standard InChI is InChI=1S/C37H33NO4/c39-35(38-34(36(40)41)25-28-21-23-33(24-22-28)42-27-29-13-5-1-6-14-29)26-37(30-15-7-2-8-16-30,31-17-9-3-10-18-31)32-19-11-4-12-20-32/h1-24,34H,25-27H2,(H,38,39)(H,40,41)/t34-/m1/s1. The lowest BCUT2D eigenvalue weighted by atomic mass is 9.67. The zero-order chi connectivity index (χ0) is 29.2. The van der Waals surface area contributed by atoms with Crippen LogP contribution in [0.15, 0.2) is 146 Å². The number of benzene rings is 5. The fourth-order valence-corrected chi connectivity index (χ4v) is 5.36. The summed E-state index contributed by atoms with van der Waals surface area (Å²) in [6.45, 7) is 0.444. The van der Waals surface area contributed by atoms with E-state index in [-0.39, 0.29) is 18.7 Å². The van der Waals surface area contributed by atoms with Gasteiger partial charge in [-0.25, -0.2) is 4.79 Å². The van der Waals surface area contributed by atoms with Crippen LogP contribution in [0.5, 0.6) is 5.75 Å². The first-order valence-corrected chi connectivity index (χ1v) is 14.0. The molecule has 210 valence electrons. The molecule has 0 saturated heterocycles. The lowest BCUT2D eigenvalue weighted by Gasteiger charge is -2.36. The zero-order valence-corrected chi connectivity index (χ0v) is 23.2. The summed E-state index contributed by atoms with van der Waals surface area (Å²) < 4.78 is 5.86. The van der Waals surface area contributed by atoms with Crippen molar-refractivity contribution in [2.24, 2.45) is 0 Å². The molecule has 0 saturated carbocycles. The maximum absolute atomic E-state index is 13.8. The van der Waals surface area contributed by atoms with Crippen LogP contribution >= 0.6 is 0 Å². The van der Waals surface area contributed by atoms with Crippen molar-refractivity contribution in [1.29, 1.82) is 0 Å². The second-order valence-corrected chi connectivity index (χ2v) is 10.3. The molecule has 42 heavy (non-hydrogen) atoms. The molecule has 5 aromatic rings. The quantitative estimate of drug-likeness (QED) is 0.166. The summed E-state index contributed by atoms with van der Waals surface area (Å²) in [4.78, 5) is 26.1. The fourth-order valence-electron chi connectivity index (χ4n) is 5.36. The summed E-state index contributed by atoms with van der Waals surface area (Å²) in [6, 6.07) is 45.8. The summed E-state index contributed by atoms with van der Waals surface area (Å²) in [7, 11) is 0. The Morgan fingerprint density at radius 1 is 0.619 bits per heavy atom. The van der Waals surface area contributed by atoms with Crippen LogP contribution in [-0.2, 0) is 28.0 Å². The van der Waals surface area contributed by atoms with E-state index in [1.165, 1.54) is 0 Å². The maximum atomic E-state index is 13.8. The maximum Gasteiger partial charge on any atom is 0.326 e. The molecule has 0 aromatic heterocycles. The normalized spacial score (nSPS) is 11.8. The average Bonchev–Trinajstić information content (AvgIpc) is 3.04. The lowest BCUT2D eigenvalue weighted by molar-refractivity contribution is -0.141. The number of carboxylic acid groups (broad SMARTS) is 1. The van der Waals surface area contributed by atoms with Crippen molar-refractivity contribution in [1.82, 2.24) is 5.32 Å².